The lowest BCUT2D eigenvalue weighted by molar-refractivity contribution is -0.385. The number of halogens is 2. The quantitative estimate of drug-likeness (QED) is 0.482. The second-order valence-corrected chi connectivity index (χ2v) is 6.01. The molecular formula is C7H5BrClNO5S. The molecule has 0 saturated heterocycles. The van der Waals surface area contributed by atoms with Gasteiger partial charge in [-0.25, -0.2) is 8.42 Å². The van der Waals surface area contributed by atoms with E-state index in [2.05, 4.69) is 15.9 Å². The summed E-state index contributed by atoms with van der Waals surface area (Å²) in [5.74, 6) is -0.184. The van der Waals surface area contributed by atoms with E-state index < -0.39 is 14.0 Å². The highest BCUT2D eigenvalue weighted by atomic mass is 79.9. The van der Waals surface area contributed by atoms with E-state index in [0.29, 0.717) is 0 Å². The van der Waals surface area contributed by atoms with Gasteiger partial charge in [-0.1, -0.05) is 0 Å². The molecule has 0 N–H and O–H groups in total. The zero-order chi connectivity index (χ0) is 12.5. The summed E-state index contributed by atoms with van der Waals surface area (Å²) in [6.07, 6.45) is 0. The van der Waals surface area contributed by atoms with Gasteiger partial charge in [-0.05, 0) is 15.9 Å². The predicted molar refractivity (Wildman–Crippen MR) is 60.4 cm³/mol. The average molecular weight is 331 g/mol. The highest BCUT2D eigenvalue weighted by Crippen LogP contribution is 2.37. The molecule has 9 heteroatoms. The van der Waals surface area contributed by atoms with Gasteiger partial charge >= 0.3 is 0 Å². The van der Waals surface area contributed by atoms with Crippen LogP contribution in [0.2, 0.25) is 0 Å². The third kappa shape index (κ3) is 2.63. The number of benzene rings is 1. The Kier molecular flexibility index (Phi) is 3.76. The molecule has 0 aromatic heterocycles. The molecule has 1 aromatic carbocycles. The number of hydrogen-bond acceptors (Lipinski definition) is 5. The normalized spacial score (nSPS) is 11.2. The van der Waals surface area contributed by atoms with E-state index in [9.17, 15) is 18.5 Å². The molecule has 1 aromatic rings. The standard InChI is InChI=1S/C7H5BrClNO5S/c1-15-6-3-4(10(11)12)2-5(8)7(6)16(9,13)14/h2-3H,1H3. The Bertz CT molecular complexity index is 544. The van der Waals surface area contributed by atoms with Crippen molar-refractivity contribution in [1.29, 1.82) is 0 Å². The minimum atomic E-state index is -4.04. The first-order valence-corrected chi connectivity index (χ1v) is 6.84. The molecule has 0 aliphatic carbocycles. The number of rotatable bonds is 3. The van der Waals surface area contributed by atoms with Crippen molar-refractivity contribution in [2.24, 2.45) is 0 Å². The molecule has 0 radical (unpaired) electrons. The van der Waals surface area contributed by atoms with E-state index in [1.54, 1.807) is 0 Å². The van der Waals surface area contributed by atoms with Gasteiger partial charge in [0, 0.05) is 21.2 Å². The molecule has 6 nitrogen and oxygen atoms in total. The van der Waals surface area contributed by atoms with Crippen LogP contribution >= 0.6 is 26.6 Å². The fraction of sp³-hybridized carbons (Fsp3) is 0.143. The molecule has 0 unspecified atom stereocenters. The summed E-state index contributed by atoms with van der Waals surface area (Å²) in [5, 5.41) is 10.5. The summed E-state index contributed by atoms with van der Waals surface area (Å²) in [7, 11) is 2.32. The fourth-order valence-corrected chi connectivity index (χ4v) is 3.55. The maximum atomic E-state index is 11.2. The smallest absolute Gasteiger partial charge is 0.274 e. The number of nitro groups is 1. The molecule has 0 atom stereocenters. The van der Waals surface area contributed by atoms with E-state index in [-0.39, 0.29) is 20.8 Å². The van der Waals surface area contributed by atoms with Gasteiger partial charge in [0.2, 0.25) is 0 Å². The van der Waals surface area contributed by atoms with Crippen LogP contribution in [0.25, 0.3) is 0 Å². The van der Waals surface area contributed by atoms with Gasteiger partial charge in [0.15, 0.2) is 0 Å². The summed E-state index contributed by atoms with van der Waals surface area (Å²) in [5.41, 5.74) is -0.298. The lowest BCUT2D eigenvalue weighted by atomic mass is 10.3. The number of methoxy groups -OCH3 is 1. The van der Waals surface area contributed by atoms with E-state index in [1.807, 2.05) is 0 Å². The van der Waals surface area contributed by atoms with Crippen LogP contribution in [0.4, 0.5) is 5.69 Å². The molecule has 0 heterocycles. The molecule has 0 bridgehead atoms. The molecule has 0 fully saturated rings. The second-order valence-electron chi connectivity index (χ2n) is 2.65. The molecular weight excluding hydrogens is 326 g/mol. The lowest BCUT2D eigenvalue weighted by Gasteiger charge is -2.07. The molecule has 0 saturated carbocycles. The van der Waals surface area contributed by atoms with Crippen LogP contribution in [0, 0.1) is 10.1 Å². The van der Waals surface area contributed by atoms with Gasteiger partial charge in [-0.15, -0.1) is 0 Å². The van der Waals surface area contributed by atoms with Gasteiger partial charge in [0.05, 0.1) is 18.1 Å². The number of nitrogens with zero attached hydrogens (tertiary/aromatic N) is 1. The van der Waals surface area contributed by atoms with Crippen LogP contribution in [0.1, 0.15) is 0 Å². The Labute approximate surface area is 104 Å². The van der Waals surface area contributed by atoms with Crippen LogP contribution < -0.4 is 4.74 Å². The van der Waals surface area contributed by atoms with Gasteiger partial charge in [-0.2, -0.15) is 0 Å². The lowest BCUT2D eigenvalue weighted by Crippen LogP contribution is -1.99. The van der Waals surface area contributed by atoms with Crippen molar-refractivity contribution in [2.45, 2.75) is 4.90 Å². The largest absolute Gasteiger partial charge is 0.495 e. The molecule has 16 heavy (non-hydrogen) atoms. The van der Waals surface area contributed by atoms with Crippen LogP contribution in [0.3, 0.4) is 0 Å². The predicted octanol–water partition coefficient (Wildman–Crippen LogP) is 2.29. The van der Waals surface area contributed by atoms with Gasteiger partial charge in [-0.3, -0.25) is 10.1 Å². The van der Waals surface area contributed by atoms with Crippen molar-refractivity contribution >= 4 is 41.4 Å². The number of hydrogen-bond donors (Lipinski definition) is 0. The number of non-ortho nitro benzene ring substituents is 1. The first-order chi connectivity index (χ1) is 7.27. The summed E-state index contributed by atoms with van der Waals surface area (Å²) in [6, 6.07) is 2.03. The maximum Gasteiger partial charge on any atom is 0.274 e. The highest BCUT2D eigenvalue weighted by molar-refractivity contribution is 9.10. The van der Waals surface area contributed by atoms with E-state index in [0.717, 1.165) is 12.1 Å². The summed E-state index contributed by atoms with van der Waals surface area (Å²) >= 11 is 2.89. The van der Waals surface area contributed by atoms with Crippen LogP contribution in [0.5, 0.6) is 5.75 Å². The summed E-state index contributed by atoms with van der Waals surface area (Å²) in [4.78, 5) is 9.53. The number of nitro benzene ring substituents is 1. The number of ether oxygens (including phenoxy) is 1. The SMILES string of the molecule is COc1cc([N+](=O)[O-])cc(Br)c1S(=O)(=O)Cl. The van der Waals surface area contributed by atoms with Crippen molar-refractivity contribution in [3.8, 4) is 5.75 Å². The van der Waals surface area contributed by atoms with Crippen molar-refractivity contribution in [3.63, 3.8) is 0 Å². The average Bonchev–Trinajstić information content (AvgIpc) is 2.14. The molecule has 0 spiro atoms. The van der Waals surface area contributed by atoms with Crippen molar-refractivity contribution in [1.82, 2.24) is 0 Å². The Morgan fingerprint density at radius 3 is 2.44 bits per heavy atom. The van der Waals surface area contributed by atoms with E-state index in [1.165, 1.54) is 7.11 Å². The molecule has 88 valence electrons. The first-order valence-electron chi connectivity index (χ1n) is 3.74. The summed E-state index contributed by atoms with van der Waals surface area (Å²) in [6.45, 7) is 0. The highest BCUT2D eigenvalue weighted by Gasteiger charge is 2.24. The zero-order valence-electron chi connectivity index (χ0n) is 7.81. The maximum absolute atomic E-state index is 11.2. The Morgan fingerprint density at radius 1 is 1.50 bits per heavy atom. The molecule has 0 aliphatic heterocycles. The second kappa shape index (κ2) is 4.56. The van der Waals surface area contributed by atoms with Gasteiger partial charge < -0.3 is 4.74 Å². The first kappa shape index (κ1) is 13.2. The van der Waals surface area contributed by atoms with Crippen molar-refractivity contribution < 1.29 is 18.1 Å². The Balaban J connectivity index is 3.59. The third-order valence-corrected chi connectivity index (χ3v) is 3.93. The molecule has 1 rings (SSSR count). The Morgan fingerprint density at radius 2 is 2.06 bits per heavy atom. The monoisotopic (exact) mass is 329 g/mol. The van der Waals surface area contributed by atoms with Crippen molar-refractivity contribution in [3.05, 3.63) is 26.7 Å². The van der Waals surface area contributed by atoms with Gasteiger partial charge in [0.25, 0.3) is 14.7 Å². The van der Waals surface area contributed by atoms with Crippen LogP contribution in [-0.2, 0) is 9.05 Å². The Hall–Kier alpha value is -0.860. The van der Waals surface area contributed by atoms with Crippen LogP contribution in [0.15, 0.2) is 21.5 Å². The molecule has 0 amide bonds. The van der Waals surface area contributed by atoms with E-state index in [4.69, 9.17) is 15.4 Å². The van der Waals surface area contributed by atoms with Crippen molar-refractivity contribution in [2.75, 3.05) is 7.11 Å². The van der Waals surface area contributed by atoms with Gasteiger partial charge in [0.1, 0.15) is 10.6 Å². The third-order valence-electron chi connectivity index (χ3n) is 1.67. The minimum Gasteiger partial charge on any atom is -0.495 e. The zero-order valence-corrected chi connectivity index (χ0v) is 11.0. The fourth-order valence-electron chi connectivity index (χ4n) is 1.05. The molecule has 0 aliphatic rings. The topological polar surface area (TPSA) is 86.5 Å². The van der Waals surface area contributed by atoms with E-state index >= 15 is 0 Å². The van der Waals surface area contributed by atoms with Crippen LogP contribution in [-0.4, -0.2) is 20.5 Å². The minimum absolute atomic E-state index is 0.0199. The summed E-state index contributed by atoms with van der Waals surface area (Å²) < 4.78 is 27.1.